The fourth-order valence-corrected chi connectivity index (χ4v) is 21.0. The van der Waals surface area contributed by atoms with Gasteiger partial charge in [0.2, 0.25) is 0 Å². The molecule has 0 aliphatic rings. The molecule has 0 saturated heterocycles. The minimum Gasteiger partial charge on any atom is -0.324 e. The van der Waals surface area contributed by atoms with Crippen LogP contribution in [0.4, 0.5) is 0 Å². The molecule has 0 spiro atoms. The lowest BCUT2D eigenvalue weighted by atomic mass is 10.2. The van der Waals surface area contributed by atoms with Crippen molar-refractivity contribution in [3.8, 4) is 0 Å². The third-order valence-corrected chi connectivity index (χ3v) is 17.9. The topological polar surface area (TPSA) is 3.24 Å². The first-order valence-corrected chi connectivity index (χ1v) is 17.4. The molecule has 130 valence electrons. The Balaban J connectivity index is 2.36. The van der Waals surface area contributed by atoms with E-state index >= 15 is 0 Å². The lowest BCUT2D eigenvalue weighted by Gasteiger charge is -2.49. The van der Waals surface area contributed by atoms with Crippen molar-refractivity contribution >= 4 is 24.5 Å². The fraction of sp³-hybridized carbons (Fsp3) is 0.400. The molecular formula is C20H32NPSi2. The number of hydrogen-bond donors (Lipinski definition) is 0. The molecule has 4 heteroatoms. The van der Waals surface area contributed by atoms with Crippen LogP contribution in [0.25, 0.3) is 0 Å². The highest BCUT2D eigenvalue weighted by Gasteiger charge is 2.39. The van der Waals surface area contributed by atoms with Gasteiger partial charge >= 0.3 is 0 Å². The smallest absolute Gasteiger partial charge is 0.116 e. The van der Waals surface area contributed by atoms with Crippen molar-refractivity contribution in [1.29, 1.82) is 0 Å². The van der Waals surface area contributed by atoms with Crippen LogP contribution in [0.3, 0.4) is 0 Å². The SMILES string of the molecule is C[Si](C)(C)N(P(Cc1ccccc1)Cc1ccccc1)[Si](C)(C)C. The van der Waals surface area contributed by atoms with E-state index in [9.17, 15) is 0 Å². The molecule has 0 aliphatic heterocycles. The van der Waals surface area contributed by atoms with E-state index in [0.717, 1.165) is 0 Å². The maximum atomic E-state index is 3.04. The van der Waals surface area contributed by atoms with E-state index in [2.05, 4.69) is 104 Å². The van der Waals surface area contributed by atoms with E-state index in [1.165, 1.54) is 23.5 Å². The summed E-state index contributed by atoms with van der Waals surface area (Å²) in [4.78, 5) is 0. The van der Waals surface area contributed by atoms with Crippen molar-refractivity contribution in [2.45, 2.75) is 51.6 Å². The van der Waals surface area contributed by atoms with Crippen LogP contribution in [0.15, 0.2) is 60.7 Å². The zero-order chi connectivity index (χ0) is 17.8. The quantitative estimate of drug-likeness (QED) is 0.383. The minimum atomic E-state index is -1.37. The second-order valence-corrected chi connectivity index (χ2v) is 21.3. The Labute approximate surface area is 152 Å². The third-order valence-electron chi connectivity index (χ3n) is 3.97. The van der Waals surface area contributed by atoms with Crippen LogP contribution in [0.2, 0.25) is 39.3 Å². The number of hydrogen-bond acceptors (Lipinski definition) is 1. The van der Waals surface area contributed by atoms with E-state index in [0.29, 0.717) is 0 Å². The van der Waals surface area contributed by atoms with Crippen molar-refractivity contribution < 1.29 is 0 Å². The molecular weight excluding hydrogens is 341 g/mol. The van der Waals surface area contributed by atoms with Crippen LogP contribution in [0, 0.1) is 0 Å². The van der Waals surface area contributed by atoms with Gasteiger partial charge in [-0.1, -0.05) is 99.9 Å². The summed E-state index contributed by atoms with van der Waals surface area (Å²) in [5, 5.41) is 0. The van der Waals surface area contributed by atoms with Gasteiger partial charge in [-0.25, -0.2) is 0 Å². The first-order chi connectivity index (χ1) is 11.2. The van der Waals surface area contributed by atoms with Gasteiger partial charge < -0.3 is 4.00 Å². The molecule has 0 bridgehead atoms. The molecule has 0 amide bonds. The minimum absolute atomic E-state index is 0.196. The molecule has 0 heterocycles. The van der Waals surface area contributed by atoms with Gasteiger partial charge in [0.1, 0.15) is 16.5 Å². The van der Waals surface area contributed by atoms with Gasteiger partial charge in [0.05, 0.1) is 0 Å². The molecule has 0 aliphatic carbocycles. The lowest BCUT2D eigenvalue weighted by molar-refractivity contribution is 0.946. The molecule has 24 heavy (non-hydrogen) atoms. The molecule has 0 radical (unpaired) electrons. The van der Waals surface area contributed by atoms with Crippen LogP contribution >= 0.6 is 8.07 Å². The van der Waals surface area contributed by atoms with Crippen LogP contribution in [0.5, 0.6) is 0 Å². The summed E-state index contributed by atoms with van der Waals surface area (Å²) >= 11 is 0. The molecule has 0 fully saturated rings. The Morgan fingerprint density at radius 2 is 0.958 bits per heavy atom. The summed E-state index contributed by atoms with van der Waals surface area (Å²) in [5.41, 5.74) is 2.97. The second kappa shape index (κ2) is 8.10. The number of benzene rings is 2. The zero-order valence-electron chi connectivity index (χ0n) is 16.1. The molecule has 0 saturated carbocycles. The Morgan fingerprint density at radius 3 is 1.25 bits per heavy atom. The van der Waals surface area contributed by atoms with Crippen LogP contribution in [0.1, 0.15) is 11.1 Å². The Kier molecular flexibility index (Phi) is 6.61. The highest BCUT2D eigenvalue weighted by Crippen LogP contribution is 2.52. The summed E-state index contributed by atoms with van der Waals surface area (Å²) in [5.74, 6) is 0. The van der Waals surface area contributed by atoms with Gasteiger partial charge in [-0.2, -0.15) is 0 Å². The number of rotatable bonds is 7. The molecule has 2 rings (SSSR count). The lowest BCUT2D eigenvalue weighted by Crippen LogP contribution is -2.56. The van der Waals surface area contributed by atoms with Gasteiger partial charge in [0.25, 0.3) is 0 Å². The molecule has 0 aromatic heterocycles. The standard InChI is InChI=1S/C20H32NPSi2/c1-23(2,3)21(24(4,5)6)22(17-19-13-9-7-10-14-19)18-20-15-11-8-12-16-20/h7-16H,17-18H2,1-6H3. The van der Waals surface area contributed by atoms with Gasteiger partial charge in [-0.15, -0.1) is 0 Å². The van der Waals surface area contributed by atoms with Crippen LogP contribution < -0.4 is 0 Å². The maximum absolute atomic E-state index is 3.04. The second-order valence-electron chi connectivity index (χ2n) is 8.45. The summed E-state index contributed by atoms with van der Waals surface area (Å²) < 4.78 is 3.04. The normalized spacial score (nSPS) is 12.8. The van der Waals surface area contributed by atoms with Crippen molar-refractivity contribution in [2.24, 2.45) is 0 Å². The first kappa shape index (κ1) is 19.6. The highest BCUT2D eigenvalue weighted by atomic mass is 31.1. The molecule has 1 nitrogen and oxygen atoms in total. The van der Waals surface area contributed by atoms with Gasteiger partial charge in [0.15, 0.2) is 0 Å². The van der Waals surface area contributed by atoms with E-state index in [4.69, 9.17) is 0 Å². The predicted octanol–water partition coefficient (Wildman–Crippen LogP) is 6.76. The van der Waals surface area contributed by atoms with E-state index in [-0.39, 0.29) is 8.07 Å². The monoisotopic (exact) mass is 373 g/mol. The van der Waals surface area contributed by atoms with E-state index in [1.54, 1.807) is 0 Å². The third kappa shape index (κ3) is 5.66. The molecule has 2 aromatic carbocycles. The first-order valence-electron chi connectivity index (χ1n) is 8.81. The van der Waals surface area contributed by atoms with Gasteiger partial charge in [-0.05, 0) is 19.2 Å². The summed E-state index contributed by atoms with van der Waals surface area (Å²) in [6.45, 7) is 15.1. The molecule has 0 N–H and O–H groups in total. The average molecular weight is 374 g/mol. The van der Waals surface area contributed by atoms with E-state index in [1.807, 2.05) is 0 Å². The summed E-state index contributed by atoms with van der Waals surface area (Å²) in [7, 11) is -2.93. The average Bonchev–Trinajstić information content (AvgIpc) is 2.46. The highest BCUT2D eigenvalue weighted by molar-refractivity contribution is 7.58. The largest absolute Gasteiger partial charge is 0.324 e. The molecule has 2 aromatic rings. The van der Waals surface area contributed by atoms with Gasteiger partial charge in [0, 0.05) is 12.3 Å². The van der Waals surface area contributed by atoms with Crippen molar-refractivity contribution in [3.63, 3.8) is 0 Å². The summed E-state index contributed by atoms with van der Waals surface area (Å²) in [6, 6.07) is 22.2. The van der Waals surface area contributed by atoms with Crippen molar-refractivity contribution in [2.75, 3.05) is 0 Å². The Bertz CT molecular complexity index is 562. The van der Waals surface area contributed by atoms with Crippen molar-refractivity contribution in [3.05, 3.63) is 71.8 Å². The molecule has 0 atom stereocenters. The maximum Gasteiger partial charge on any atom is 0.116 e. The zero-order valence-corrected chi connectivity index (χ0v) is 19.0. The van der Waals surface area contributed by atoms with Crippen molar-refractivity contribution in [1.82, 2.24) is 4.00 Å². The Morgan fingerprint density at radius 1 is 0.625 bits per heavy atom. The van der Waals surface area contributed by atoms with Crippen LogP contribution in [-0.2, 0) is 12.3 Å². The fourth-order valence-electron chi connectivity index (χ4n) is 3.64. The van der Waals surface area contributed by atoms with Gasteiger partial charge in [-0.3, -0.25) is 0 Å². The summed E-state index contributed by atoms with van der Waals surface area (Å²) in [6.07, 6.45) is 2.42. The number of nitrogens with zero attached hydrogens (tertiary/aromatic N) is 1. The Hall–Kier alpha value is -0.736. The molecule has 0 unspecified atom stereocenters. The van der Waals surface area contributed by atoms with E-state index < -0.39 is 16.5 Å². The van der Waals surface area contributed by atoms with Crippen LogP contribution in [-0.4, -0.2) is 20.5 Å². The predicted molar refractivity (Wildman–Crippen MR) is 116 cm³/mol.